The Kier molecular flexibility index (Phi) is 6.10. The Morgan fingerprint density at radius 2 is 1.91 bits per heavy atom. The summed E-state index contributed by atoms with van der Waals surface area (Å²) in [6.07, 6.45) is -4.69. The zero-order valence-electron chi connectivity index (χ0n) is 19.3. The lowest BCUT2D eigenvalue weighted by Crippen LogP contribution is -2.35. The van der Waals surface area contributed by atoms with E-state index in [0.717, 1.165) is 10.2 Å². The number of aromatic nitrogens is 3. The second kappa shape index (κ2) is 8.84. The van der Waals surface area contributed by atoms with Gasteiger partial charge in [0.15, 0.2) is 12.4 Å². The number of aryl methyl sites for hydroxylation is 1. The summed E-state index contributed by atoms with van der Waals surface area (Å²) in [4.78, 5) is 13.2. The summed E-state index contributed by atoms with van der Waals surface area (Å²) in [5.41, 5.74) is 1.80. The van der Waals surface area contributed by atoms with Crippen molar-refractivity contribution >= 4 is 27.4 Å². The van der Waals surface area contributed by atoms with Crippen LogP contribution in [0.5, 0.6) is 6.01 Å². The molecule has 2 aliphatic rings. The smallest absolute Gasteiger partial charge is 0.422 e. The summed E-state index contributed by atoms with van der Waals surface area (Å²) >= 11 is 1.44. The van der Waals surface area contributed by atoms with E-state index in [4.69, 9.17) is 19.2 Å². The van der Waals surface area contributed by atoms with Gasteiger partial charge in [-0.15, -0.1) is 11.3 Å². The van der Waals surface area contributed by atoms with E-state index in [9.17, 15) is 18.3 Å². The van der Waals surface area contributed by atoms with Crippen LogP contribution in [0.15, 0.2) is 24.3 Å². The quantitative estimate of drug-likeness (QED) is 0.506. The van der Waals surface area contributed by atoms with Gasteiger partial charge in [-0.1, -0.05) is 12.1 Å². The minimum absolute atomic E-state index is 0.0771. The number of nitrogens with zero attached hydrogens (tertiary/aromatic N) is 3. The number of fused-ring (bicyclic) bond motifs is 2. The number of rotatable bonds is 6. The molecular weight excluding hydrogens is 485 g/mol. The van der Waals surface area contributed by atoms with Gasteiger partial charge >= 0.3 is 12.2 Å². The highest BCUT2D eigenvalue weighted by Gasteiger charge is 2.54. The average Bonchev–Trinajstić information content (AvgIpc) is 3.42. The Bertz CT molecular complexity index is 1200. The van der Waals surface area contributed by atoms with Gasteiger partial charge in [0.1, 0.15) is 16.9 Å². The Hall–Kier alpha value is -2.54. The average molecular weight is 511 g/mol. The maximum Gasteiger partial charge on any atom is 0.422 e. The summed E-state index contributed by atoms with van der Waals surface area (Å²) in [7, 11) is 0. The van der Waals surface area contributed by atoms with E-state index in [-0.39, 0.29) is 36.8 Å². The SMILES string of the molecule is Cc1nc(OCC(F)(F)F)nc(NC2C[C@H](CO)[C@H]3OC(C)(C)O[C@@H]23)c1-c1nc2ccccc2s1. The topological polar surface area (TPSA) is 98.6 Å². The monoisotopic (exact) mass is 510 g/mol. The molecule has 0 bridgehead atoms. The molecule has 1 aliphatic carbocycles. The minimum atomic E-state index is -4.52. The first kappa shape index (κ1) is 24.2. The zero-order valence-corrected chi connectivity index (χ0v) is 20.1. The maximum absolute atomic E-state index is 12.8. The van der Waals surface area contributed by atoms with Crippen molar-refractivity contribution in [1.29, 1.82) is 0 Å². The predicted molar refractivity (Wildman–Crippen MR) is 123 cm³/mol. The summed E-state index contributed by atoms with van der Waals surface area (Å²) in [5.74, 6) is -0.680. The minimum Gasteiger partial charge on any atom is -0.454 e. The zero-order chi connectivity index (χ0) is 25.0. The van der Waals surface area contributed by atoms with Crippen LogP contribution in [0.4, 0.5) is 19.0 Å². The van der Waals surface area contributed by atoms with Gasteiger partial charge in [-0.2, -0.15) is 23.1 Å². The molecule has 188 valence electrons. The van der Waals surface area contributed by atoms with Gasteiger partial charge in [-0.05, 0) is 39.3 Å². The Balaban J connectivity index is 1.53. The van der Waals surface area contributed by atoms with Crippen molar-refractivity contribution in [2.75, 3.05) is 18.5 Å². The highest BCUT2D eigenvalue weighted by molar-refractivity contribution is 7.21. The molecule has 0 radical (unpaired) electrons. The molecule has 0 amide bonds. The fraction of sp³-hybridized carbons (Fsp3) is 0.522. The molecule has 2 fully saturated rings. The normalized spacial score (nSPS) is 25.7. The molecule has 0 spiro atoms. The van der Waals surface area contributed by atoms with Gasteiger partial charge < -0.3 is 24.6 Å². The third kappa shape index (κ3) is 4.92. The summed E-state index contributed by atoms with van der Waals surface area (Å²) < 4.78 is 56.3. The number of para-hydroxylation sites is 1. The molecule has 12 heteroatoms. The lowest BCUT2D eigenvalue weighted by Gasteiger charge is -2.24. The molecule has 5 rings (SSSR count). The lowest BCUT2D eigenvalue weighted by atomic mass is 10.1. The Morgan fingerprint density at radius 1 is 1.17 bits per heavy atom. The molecule has 2 N–H and O–H groups in total. The molecule has 1 saturated carbocycles. The van der Waals surface area contributed by atoms with Crippen LogP contribution in [-0.2, 0) is 9.47 Å². The van der Waals surface area contributed by atoms with Crippen molar-refractivity contribution in [3.63, 3.8) is 0 Å². The second-order valence-electron chi connectivity index (χ2n) is 9.20. The standard InChI is InChI=1S/C23H25F3N4O4S/c1-11-16(20-29-13-6-4-5-7-15(13)35-20)19(30-21(27-11)32-10-23(24,25)26)28-14-8-12(9-31)17-18(14)34-22(2,3)33-17/h4-7,12,14,17-18,31H,8-10H2,1-3H3,(H,27,28,30)/t12-,14?,17-,18+/m1/s1. The van der Waals surface area contributed by atoms with E-state index < -0.39 is 18.6 Å². The molecular formula is C23H25F3N4O4S. The van der Waals surface area contributed by atoms with Crippen molar-refractivity contribution in [3.05, 3.63) is 30.0 Å². The number of anilines is 1. The molecule has 1 aromatic carbocycles. The number of hydrogen-bond acceptors (Lipinski definition) is 9. The van der Waals surface area contributed by atoms with Crippen molar-refractivity contribution in [1.82, 2.24) is 15.0 Å². The second-order valence-corrected chi connectivity index (χ2v) is 10.2. The molecule has 35 heavy (non-hydrogen) atoms. The number of benzene rings is 1. The first-order valence-electron chi connectivity index (χ1n) is 11.2. The van der Waals surface area contributed by atoms with Crippen LogP contribution in [0.3, 0.4) is 0 Å². The molecule has 3 heterocycles. The maximum atomic E-state index is 12.8. The van der Waals surface area contributed by atoms with E-state index >= 15 is 0 Å². The molecule has 1 aliphatic heterocycles. The van der Waals surface area contributed by atoms with E-state index in [0.29, 0.717) is 28.5 Å². The lowest BCUT2D eigenvalue weighted by molar-refractivity contribution is -0.158. The van der Waals surface area contributed by atoms with E-state index in [2.05, 4.69) is 15.3 Å². The number of halogens is 3. The number of aliphatic hydroxyl groups is 1. The van der Waals surface area contributed by atoms with Gasteiger partial charge in [0.2, 0.25) is 0 Å². The fourth-order valence-electron chi connectivity index (χ4n) is 4.68. The van der Waals surface area contributed by atoms with Crippen molar-refractivity contribution < 1.29 is 32.5 Å². The highest BCUT2D eigenvalue weighted by atomic mass is 32.1. The van der Waals surface area contributed by atoms with Gasteiger partial charge in [0.05, 0.1) is 33.6 Å². The van der Waals surface area contributed by atoms with E-state index in [1.807, 2.05) is 24.3 Å². The Morgan fingerprint density at radius 3 is 2.63 bits per heavy atom. The van der Waals surface area contributed by atoms with Gasteiger partial charge in [-0.25, -0.2) is 4.98 Å². The van der Waals surface area contributed by atoms with Crippen LogP contribution in [0, 0.1) is 12.8 Å². The molecule has 2 aromatic heterocycles. The number of aliphatic hydroxyl groups excluding tert-OH is 1. The largest absolute Gasteiger partial charge is 0.454 e. The molecule has 3 aromatic rings. The third-order valence-corrected chi connectivity index (χ3v) is 7.13. The van der Waals surface area contributed by atoms with Crippen molar-refractivity contribution in [2.45, 2.75) is 57.4 Å². The van der Waals surface area contributed by atoms with Crippen LogP contribution in [0.25, 0.3) is 20.8 Å². The number of thiazole rings is 1. The number of ether oxygens (including phenoxy) is 3. The van der Waals surface area contributed by atoms with Crippen molar-refractivity contribution in [2.24, 2.45) is 5.92 Å². The van der Waals surface area contributed by atoms with Crippen LogP contribution >= 0.6 is 11.3 Å². The summed E-state index contributed by atoms with van der Waals surface area (Å²) in [6, 6.07) is 6.93. The molecule has 1 unspecified atom stereocenters. The van der Waals surface area contributed by atoms with Gasteiger partial charge in [0.25, 0.3) is 0 Å². The van der Waals surface area contributed by atoms with Crippen LogP contribution < -0.4 is 10.1 Å². The van der Waals surface area contributed by atoms with Gasteiger partial charge in [-0.3, -0.25) is 0 Å². The first-order valence-corrected chi connectivity index (χ1v) is 12.0. The van der Waals surface area contributed by atoms with Crippen LogP contribution in [-0.4, -0.2) is 63.5 Å². The molecule has 1 saturated heterocycles. The number of alkyl halides is 3. The van der Waals surface area contributed by atoms with Gasteiger partial charge in [0, 0.05) is 12.5 Å². The molecule has 8 nitrogen and oxygen atoms in total. The summed E-state index contributed by atoms with van der Waals surface area (Å²) in [5, 5.41) is 13.9. The van der Waals surface area contributed by atoms with Crippen LogP contribution in [0.2, 0.25) is 0 Å². The molecule has 4 atom stereocenters. The Labute approximate surface area is 203 Å². The first-order chi connectivity index (χ1) is 16.5. The van der Waals surface area contributed by atoms with Crippen LogP contribution in [0.1, 0.15) is 26.0 Å². The van der Waals surface area contributed by atoms with E-state index in [1.165, 1.54) is 11.3 Å². The predicted octanol–water partition coefficient (Wildman–Crippen LogP) is 4.32. The third-order valence-electron chi connectivity index (χ3n) is 6.08. The number of nitrogens with one attached hydrogen (secondary N) is 1. The van der Waals surface area contributed by atoms with Crippen molar-refractivity contribution in [3.8, 4) is 16.6 Å². The summed E-state index contributed by atoms with van der Waals surface area (Å²) in [6.45, 7) is 3.72. The number of hydrogen-bond donors (Lipinski definition) is 2. The van der Waals surface area contributed by atoms with E-state index in [1.54, 1.807) is 20.8 Å². The highest BCUT2D eigenvalue weighted by Crippen LogP contribution is 2.44. The fourth-order valence-corrected chi connectivity index (χ4v) is 5.74.